The minimum atomic E-state index is -0.772. The Hall–Kier alpha value is -0.610. The van der Waals surface area contributed by atoms with Crippen molar-refractivity contribution in [2.45, 2.75) is 57.2 Å². The van der Waals surface area contributed by atoms with Crippen molar-refractivity contribution in [2.24, 2.45) is 0 Å². The van der Waals surface area contributed by atoms with Crippen LogP contribution in [0.4, 0.5) is 0 Å². The molecule has 0 atom stereocenters. The highest BCUT2D eigenvalue weighted by Crippen LogP contribution is 2.39. The third-order valence-electron chi connectivity index (χ3n) is 3.40. The average molecular weight is 230 g/mol. The van der Waals surface area contributed by atoms with E-state index in [-0.39, 0.29) is 12.0 Å². The van der Waals surface area contributed by atoms with Gasteiger partial charge in [-0.15, -0.1) is 0 Å². The molecule has 1 saturated carbocycles. The summed E-state index contributed by atoms with van der Waals surface area (Å²) in [5.41, 5.74) is -0.593. The summed E-state index contributed by atoms with van der Waals surface area (Å²) in [6, 6.07) is 0. The lowest BCUT2D eigenvalue weighted by Crippen LogP contribution is -2.43. The van der Waals surface area contributed by atoms with Crippen molar-refractivity contribution in [1.82, 2.24) is 0 Å². The first kappa shape index (κ1) is 13.5. The van der Waals surface area contributed by atoms with E-state index in [4.69, 9.17) is 14.6 Å². The quantitative estimate of drug-likeness (QED) is 0.728. The SMILES string of the molecule is COC(C)(C)CCOC1(CC(=O)O)CCC1. The predicted molar refractivity (Wildman–Crippen MR) is 60.5 cm³/mol. The van der Waals surface area contributed by atoms with Gasteiger partial charge in [-0.3, -0.25) is 4.79 Å². The van der Waals surface area contributed by atoms with Gasteiger partial charge in [0.25, 0.3) is 0 Å². The summed E-state index contributed by atoms with van der Waals surface area (Å²) < 4.78 is 11.0. The van der Waals surface area contributed by atoms with Crippen molar-refractivity contribution in [2.75, 3.05) is 13.7 Å². The van der Waals surface area contributed by atoms with E-state index in [1.54, 1.807) is 7.11 Å². The fourth-order valence-corrected chi connectivity index (χ4v) is 1.83. The highest BCUT2D eigenvalue weighted by atomic mass is 16.5. The number of hydrogen-bond donors (Lipinski definition) is 1. The third-order valence-corrected chi connectivity index (χ3v) is 3.40. The van der Waals surface area contributed by atoms with Gasteiger partial charge in [0.05, 0.1) is 24.2 Å². The molecule has 1 aliphatic carbocycles. The van der Waals surface area contributed by atoms with E-state index < -0.39 is 11.6 Å². The molecule has 0 radical (unpaired) electrons. The zero-order valence-corrected chi connectivity index (χ0v) is 10.4. The molecule has 0 unspecified atom stereocenters. The van der Waals surface area contributed by atoms with Gasteiger partial charge in [0.15, 0.2) is 0 Å². The van der Waals surface area contributed by atoms with Crippen LogP contribution >= 0.6 is 0 Å². The molecule has 1 aliphatic rings. The van der Waals surface area contributed by atoms with Crippen molar-refractivity contribution in [1.29, 1.82) is 0 Å². The van der Waals surface area contributed by atoms with Crippen LogP contribution in [0.1, 0.15) is 46.0 Å². The number of hydrogen-bond acceptors (Lipinski definition) is 3. The van der Waals surface area contributed by atoms with Crippen molar-refractivity contribution < 1.29 is 19.4 Å². The molecule has 1 rings (SSSR count). The fraction of sp³-hybridized carbons (Fsp3) is 0.917. The van der Waals surface area contributed by atoms with Crippen LogP contribution in [0.5, 0.6) is 0 Å². The molecular weight excluding hydrogens is 208 g/mol. The molecule has 0 bridgehead atoms. The number of carboxylic acids is 1. The molecule has 0 aromatic heterocycles. The maximum absolute atomic E-state index is 10.7. The van der Waals surface area contributed by atoms with E-state index in [1.165, 1.54) is 0 Å². The van der Waals surface area contributed by atoms with Gasteiger partial charge in [0.1, 0.15) is 0 Å². The lowest BCUT2D eigenvalue weighted by Gasteiger charge is -2.41. The molecule has 4 nitrogen and oxygen atoms in total. The molecular formula is C12H22O4. The van der Waals surface area contributed by atoms with E-state index in [0.29, 0.717) is 6.61 Å². The Kier molecular flexibility index (Phi) is 4.33. The topological polar surface area (TPSA) is 55.8 Å². The van der Waals surface area contributed by atoms with Crippen LogP contribution in [0.25, 0.3) is 0 Å². The van der Waals surface area contributed by atoms with Crippen LogP contribution in [0.15, 0.2) is 0 Å². The van der Waals surface area contributed by atoms with Crippen molar-refractivity contribution >= 4 is 5.97 Å². The normalized spacial score (nSPS) is 19.2. The van der Waals surface area contributed by atoms with Gasteiger partial charge in [-0.05, 0) is 39.5 Å². The van der Waals surface area contributed by atoms with E-state index in [2.05, 4.69) is 0 Å². The van der Waals surface area contributed by atoms with Crippen LogP contribution in [-0.4, -0.2) is 36.0 Å². The van der Waals surface area contributed by atoms with Gasteiger partial charge in [-0.2, -0.15) is 0 Å². The van der Waals surface area contributed by atoms with E-state index in [9.17, 15) is 4.79 Å². The molecule has 0 spiro atoms. The molecule has 0 amide bonds. The minimum Gasteiger partial charge on any atom is -0.481 e. The van der Waals surface area contributed by atoms with Crippen molar-refractivity contribution in [3.63, 3.8) is 0 Å². The number of aliphatic carboxylic acids is 1. The Labute approximate surface area is 96.9 Å². The zero-order chi connectivity index (χ0) is 12.2. The van der Waals surface area contributed by atoms with E-state index in [0.717, 1.165) is 25.7 Å². The highest BCUT2D eigenvalue weighted by molar-refractivity contribution is 5.68. The number of rotatable bonds is 7. The fourth-order valence-electron chi connectivity index (χ4n) is 1.83. The molecule has 0 heterocycles. The first-order valence-corrected chi connectivity index (χ1v) is 5.80. The summed E-state index contributed by atoms with van der Waals surface area (Å²) in [5, 5.41) is 8.81. The average Bonchev–Trinajstić information content (AvgIpc) is 2.13. The highest BCUT2D eigenvalue weighted by Gasteiger charge is 2.40. The van der Waals surface area contributed by atoms with Gasteiger partial charge in [-0.1, -0.05) is 0 Å². The molecule has 94 valence electrons. The van der Waals surface area contributed by atoms with Crippen LogP contribution in [0.2, 0.25) is 0 Å². The summed E-state index contributed by atoms with van der Waals surface area (Å²) in [5.74, 6) is -0.772. The van der Waals surface area contributed by atoms with Gasteiger partial charge in [-0.25, -0.2) is 0 Å². The Morgan fingerprint density at radius 3 is 2.44 bits per heavy atom. The Bertz CT molecular complexity index is 243. The van der Waals surface area contributed by atoms with Crippen LogP contribution < -0.4 is 0 Å². The smallest absolute Gasteiger partial charge is 0.306 e. The molecule has 4 heteroatoms. The summed E-state index contributed by atoms with van der Waals surface area (Å²) in [6.07, 6.45) is 3.71. The van der Waals surface area contributed by atoms with Crippen molar-refractivity contribution in [3.8, 4) is 0 Å². The minimum absolute atomic E-state index is 0.125. The lowest BCUT2D eigenvalue weighted by molar-refractivity contribution is -0.156. The Morgan fingerprint density at radius 1 is 1.44 bits per heavy atom. The third kappa shape index (κ3) is 3.76. The number of ether oxygens (including phenoxy) is 2. The zero-order valence-electron chi connectivity index (χ0n) is 10.4. The summed E-state index contributed by atoms with van der Waals surface area (Å²) in [7, 11) is 1.68. The van der Waals surface area contributed by atoms with Gasteiger partial charge >= 0.3 is 5.97 Å². The van der Waals surface area contributed by atoms with Crippen LogP contribution in [0, 0.1) is 0 Å². The lowest BCUT2D eigenvalue weighted by atomic mass is 9.77. The second-order valence-electron chi connectivity index (χ2n) is 5.17. The largest absolute Gasteiger partial charge is 0.481 e. The van der Waals surface area contributed by atoms with Crippen molar-refractivity contribution in [3.05, 3.63) is 0 Å². The molecule has 1 fully saturated rings. The second kappa shape index (κ2) is 5.15. The Morgan fingerprint density at radius 2 is 2.06 bits per heavy atom. The first-order valence-electron chi connectivity index (χ1n) is 5.80. The van der Waals surface area contributed by atoms with E-state index >= 15 is 0 Å². The first-order chi connectivity index (χ1) is 7.39. The van der Waals surface area contributed by atoms with Gasteiger partial charge < -0.3 is 14.6 Å². The summed E-state index contributed by atoms with van der Waals surface area (Å²) in [4.78, 5) is 10.7. The maximum Gasteiger partial charge on any atom is 0.306 e. The molecule has 0 aromatic carbocycles. The second-order valence-corrected chi connectivity index (χ2v) is 5.17. The van der Waals surface area contributed by atoms with Gasteiger partial charge in [0, 0.05) is 7.11 Å². The number of carboxylic acid groups (broad SMARTS) is 1. The van der Waals surface area contributed by atoms with Crippen LogP contribution in [0.3, 0.4) is 0 Å². The van der Waals surface area contributed by atoms with Gasteiger partial charge in [0.2, 0.25) is 0 Å². The summed E-state index contributed by atoms with van der Waals surface area (Å²) in [6.45, 7) is 4.57. The predicted octanol–water partition coefficient (Wildman–Crippen LogP) is 2.22. The molecule has 0 aliphatic heterocycles. The standard InChI is InChI=1S/C12H22O4/c1-11(2,15-3)7-8-16-12(5-4-6-12)9-10(13)14/h4-9H2,1-3H3,(H,13,14). The molecule has 1 N–H and O–H groups in total. The van der Waals surface area contributed by atoms with E-state index in [1.807, 2.05) is 13.8 Å². The molecule has 0 aromatic rings. The monoisotopic (exact) mass is 230 g/mol. The number of carbonyl (C=O) groups is 1. The Balaban J connectivity index is 2.32. The maximum atomic E-state index is 10.7. The number of methoxy groups -OCH3 is 1. The summed E-state index contributed by atoms with van der Waals surface area (Å²) >= 11 is 0. The molecule has 0 saturated heterocycles. The van der Waals surface area contributed by atoms with Crippen LogP contribution in [-0.2, 0) is 14.3 Å². The molecule has 16 heavy (non-hydrogen) atoms.